The third kappa shape index (κ3) is 3.65. The highest BCUT2D eigenvalue weighted by Crippen LogP contribution is 2.35. The summed E-state index contributed by atoms with van der Waals surface area (Å²) in [6, 6.07) is 14.1. The van der Waals surface area contributed by atoms with Crippen LogP contribution in [0.3, 0.4) is 0 Å². The number of rotatable bonds is 6. The highest BCUT2D eigenvalue weighted by molar-refractivity contribution is 5.66. The molecule has 2 aromatic carbocycles. The SMILES string of the molecule is Cn1cc(CNCc2ccccc2-n2cncn2)c(-c2ccc3c(c2)OCCO3)n1. The van der Waals surface area contributed by atoms with Crippen molar-refractivity contribution in [2.45, 2.75) is 13.1 Å². The molecular weight excluding hydrogens is 380 g/mol. The predicted octanol–water partition coefficient (Wildman–Crippen LogP) is 2.73. The number of nitrogens with zero attached hydrogens (tertiary/aromatic N) is 5. The van der Waals surface area contributed by atoms with E-state index < -0.39 is 0 Å². The van der Waals surface area contributed by atoms with E-state index in [4.69, 9.17) is 9.47 Å². The van der Waals surface area contributed by atoms with Crippen LogP contribution in [0, 0.1) is 0 Å². The lowest BCUT2D eigenvalue weighted by Gasteiger charge is -2.18. The van der Waals surface area contributed by atoms with Crippen molar-refractivity contribution in [3.05, 3.63) is 72.4 Å². The number of hydrogen-bond acceptors (Lipinski definition) is 6. The largest absolute Gasteiger partial charge is 0.486 e. The van der Waals surface area contributed by atoms with Crippen molar-refractivity contribution in [2.24, 2.45) is 7.05 Å². The maximum Gasteiger partial charge on any atom is 0.162 e. The highest BCUT2D eigenvalue weighted by Gasteiger charge is 2.16. The summed E-state index contributed by atoms with van der Waals surface area (Å²) in [6.07, 6.45) is 5.29. The molecule has 3 heterocycles. The summed E-state index contributed by atoms with van der Waals surface area (Å²) in [5.74, 6) is 1.55. The van der Waals surface area contributed by atoms with E-state index in [0.717, 1.165) is 39.6 Å². The van der Waals surface area contributed by atoms with E-state index in [1.54, 1.807) is 17.3 Å². The fourth-order valence-corrected chi connectivity index (χ4v) is 3.65. The molecule has 5 rings (SSSR count). The molecule has 0 radical (unpaired) electrons. The average Bonchev–Trinajstić information content (AvgIpc) is 3.44. The normalized spacial score (nSPS) is 12.8. The van der Waals surface area contributed by atoms with Gasteiger partial charge in [0.1, 0.15) is 25.9 Å². The zero-order chi connectivity index (χ0) is 20.3. The smallest absolute Gasteiger partial charge is 0.162 e. The standard InChI is InChI=1S/C22H22N6O2/c1-27-13-18(22(26-27)16-6-7-20-21(10-16)30-9-8-29-20)12-23-11-17-4-2-3-5-19(17)28-15-24-14-25-28/h2-7,10,13-15,23H,8-9,11-12H2,1H3. The third-order valence-corrected chi connectivity index (χ3v) is 5.01. The topological polar surface area (TPSA) is 79.0 Å². The van der Waals surface area contributed by atoms with Crippen LogP contribution < -0.4 is 14.8 Å². The first kappa shape index (κ1) is 18.4. The van der Waals surface area contributed by atoms with Crippen molar-refractivity contribution < 1.29 is 9.47 Å². The van der Waals surface area contributed by atoms with E-state index in [-0.39, 0.29) is 0 Å². The predicted molar refractivity (Wildman–Crippen MR) is 112 cm³/mol. The van der Waals surface area contributed by atoms with Gasteiger partial charge in [-0.05, 0) is 29.8 Å². The van der Waals surface area contributed by atoms with Crippen molar-refractivity contribution in [1.29, 1.82) is 0 Å². The number of fused-ring (bicyclic) bond motifs is 1. The second kappa shape index (κ2) is 8.00. The highest BCUT2D eigenvalue weighted by atomic mass is 16.6. The van der Waals surface area contributed by atoms with Gasteiger partial charge in [-0.3, -0.25) is 4.68 Å². The molecule has 0 atom stereocenters. The molecule has 0 saturated carbocycles. The van der Waals surface area contributed by atoms with E-state index in [1.165, 1.54) is 0 Å². The van der Waals surface area contributed by atoms with Crippen LogP contribution in [0.1, 0.15) is 11.1 Å². The minimum atomic E-state index is 0.568. The van der Waals surface area contributed by atoms with Gasteiger partial charge in [0, 0.05) is 37.5 Å². The molecular formula is C22H22N6O2. The molecule has 8 heteroatoms. The lowest BCUT2D eigenvalue weighted by Crippen LogP contribution is -2.15. The van der Waals surface area contributed by atoms with Crippen molar-refractivity contribution in [3.8, 4) is 28.4 Å². The second-order valence-electron chi connectivity index (χ2n) is 7.11. The van der Waals surface area contributed by atoms with Gasteiger partial charge in [-0.15, -0.1) is 0 Å². The van der Waals surface area contributed by atoms with Gasteiger partial charge in [0.05, 0.1) is 11.4 Å². The molecule has 4 aromatic rings. The van der Waals surface area contributed by atoms with Crippen LogP contribution >= 0.6 is 0 Å². The number of nitrogens with one attached hydrogen (secondary N) is 1. The van der Waals surface area contributed by atoms with Crippen LogP contribution in [0.25, 0.3) is 16.9 Å². The second-order valence-corrected chi connectivity index (χ2v) is 7.11. The molecule has 0 amide bonds. The molecule has 0 fully saturated rings. The van der Waals surface area contributed by atoms with E-state index in [1.807, 2.05) is 54.3 Å². The minimum Gasteiger partial charge on any atom is -0.486 e. The van der Waals surface area contributed by atoms with Gasteiger partial charge in [0.25, 0.3) is 0 Å². The van der Waals surface area contributed by atoms with Crippen LogP contribution in [-0.2, 0) is 20.1 Å². The summed E-state index contributed by atoms with van der Waals surface area (Å²) in [7, 11) is 1.94. The van der Waals surface area contributed by atoms with E-state index >= 15 is 0 Å². The van der Waals surface area contributed by atoms with Gasteiger partial charge in [0.2, 0.25) is 0 Å². The van der Waals surface area contributed by atoms with E-state index in [0.29, 0.717) is 26.3 Å². The number of aromatic nitrogens is 5. The number of aryl methyl sites for hydroxylation is 1. The molecule has 0 saturated heterocycles. The Balaban J connectivity index is 1.34. The van der Waals surface area contributed by atoms with Gasteiger partial charge < -0.3 is 14.8 Å². The quantitative estimate of drug-likeness (QED) is 0.534. The van der Waals surface area contributed by atoms with Gasteiger partial charge in [-0.1, -0.05) is 18.2 Å². The minimum absolute atomic E-state index is 0.568. The van der Waals surface area contributed by atoms with Crippen molar-refractivity contribution in [2.75, 3.05) is 13.2 Å². The lowest BCUT2D eigenvalue weighted by molar-refractivity contribution is 0.171. The summed E-state index contributed by atoms with van der Waals surface area (Å²) in [5.41, 5.74) is 5.23. The Labute approximate surface area is 174 Å². The summed E-state index contributed by atoms with van der Waals surface area (Å²) >= 11 is 0. The Morgan fingerprint density at radius 3 is 2.70 bits per heavy atom. The first-order chi connectivity index (χ1) is 14.8. The molecule has 1 N–H and O–H groups in total. The molecule has 152 valence electrons. The molecule has 0 aliphatic carbocycles. The molecule has 2 aromatic heterocycles. The van der Waals surface area contributed by atoms with Gasteiger partial charge >= 0.3 is 0 Å². The summed E-state index contributed by atoms with van der Waals surface area (Å²) in [6.45, 7) is 2.54. The zero-order valence-electron chi connectivity index (χ0n) is 16.7. The van der Waals surface area contributed by atoms with Crippen LogP contribution in [0.15, 0.2) is 61.3 Å². The van der Waals surface area contributed by atoms with Crippen LogP contribution in [-0.4, -0.2) is 37.8 Å². The lowest BCUT2D eigenvalue weighted by atomic mass is 10.1. The Hall–Kier alpha value is -3.65. The Morgan fingerprint density at radius 2 is 1.83 bits per heavy atom. The van der Waals surface area contributed by atoms with Crippen LogP contribution in [0.4, 0.5) is 0 Å². The first-order valence-electron chi connectivity index (χ1n) is 9.84. The van der Waals surface area contributed by atoms with Crippen molar-refractivity contribution in [3.63, 3.8) is 0 Å². The van der Waals surface area contributed by atoms with Crippen molar-refractivity contribution >= 4 is 0 Å². The number of benzene rings is 2. The molecule has 8 nitrogen and oxygen atoms in total. The summed E-state index contributed by atoms with van der Waals surface area (Å²) in [5, 5.41) is 12.5. The van der Waals surface area contributed by atoms with Gasteiger partial charge in [-0.25, -0.2) is 9.67 Å². The third-order valence-electron chi connectivity index (χ3n) is 5.01. The number of hydrogen-bond donors (Lipinski definition) is 1. The molecule has 30 heavy (non-hydrogen) atoms. The first-order valence-corrected chi connectivity index (χ1v) is 9.84. The van der Waals surface area contributed by atoms with Crippen LogP contribution in [0.5, 0.6) is 11.5 Å². The molecule has 0 bridgehead atoms. The van der Waals surface area contributed by atoms with Gasteiger partial charge in [0.15, 0.2) is 11.5 Å². The fraction of sp³-hybridized carbons (Fsp3) is 0.227. The zero-order valence-corrected chi connectivity index (χ0v) is 16.7. The fourth-order valence-electron chi connectivity index (χ4n) is 3.65. The number of ether oxygens (including phenoxy) is 2. The maximum absolute atomic E-state index is 5.73. The Morgan fingerprint density at radius 1 is 1.00 bits per heavy atom. The molecule has 0 spiro atoms. The Kier molecular flexibility index (Phi) is 4.90. The van der Waals surface area contributed by atoms with E-state index in [9.17, 15) is 0 Å². The van der Waals surface area contributed by atoms with Gasteiger partial charge in [-0.2, -0.15) is 10.2 Å². The van der Waals surface area contributed by atoms with E-state index in [2.05, 4.69) is 26.6 Å². The van der Waals surface area contributed by atoms with Crippen LogP contribution in [0.2, 0.25) is 0 Å². The van der Waals surface area contributed by atoms with Crippen molar-refractivity contribution in [1.82, 2.24) is 29.9 Å². The maximum atomic E-state index is 5.73. The Bertz CT molecular complexity index is 1150. The summed E-state index contributed by atoms with van der Waals surface area (Å²) in [4.78, 5) is 4.05. The molecule has 1 aliphatic heterocycles. The monoisotopic (exact) mass is 402 g/mol. The molecule has 0 unspecified atom stereocenters. The number of para-hydroxylation sites is 1. The summed E-state index contributed by atoms with van der Waals surface area (Å²) < 4.78 is 15.0. The average molecular weight is 402 g/mol. The molecule has 1 aliphatic rings.